The molecule has 2 bridgehead atoms. The molecular weight excluding hydrogens is 977 g/mol. The largest absolute Gasteiger partial charge is 0.461 e. The van der Waals surface area contributed by atoms with Crippen molar-refractivity contribution in [2.75, 3.05) is 26.9 Å². The fourth-order valence-corrected chi connectivity index (χ4v) is 15.4. The van der Waals surface area contributed by atoms with Gasteiger partial charge in [-0.15, -0.1) is 0 Å². The van der Waals surface area contributed by atoms with Crippen LogP contribution in [-0.4, -0.2) is 210 Å². The van der Waals surface area contributed by atoms with Gasteiger partial charge in [0, 0.05) is 18.4 Å². The number of carbonyl (C=O) groups is 1. The first-order valence-electron chi connectivity index (χ1n) is 25.0. The molecule has 410 valence electrons. The number of methoxy groups -OCH3 is 1. The molecule has 0 aromatic carbocycles. The summed E-state index contributed by atoms with van der Waals surface area (Å²) in [5.74, 6) is 0.106. The highest BCUT2D eigenvalue weighted by Crippen LogP contribution is 2.76. The number of esters is 1. The van der Waals surface area contributed by atoms with Gasteiger partial charge in [0.1, 0.15) is 85.5 Å². The number of hydrogen-bond acceptors (Lipinski definition) is 22. The van der Waals surface area contributed by atoms with Crippen LogP contribution < -0.4 is 0 Å². The predicted octanol–water partition coefficient (Wildman–Crippen LogP) is -0.872. The van der Waals surface area contributed by atoms with Gasteiger partial charge in [-0.05, 0) is 75.0 Å². The van der Waals surface area contributed by atoms with Crippen LogP contribution in [0.5, 0.6) is 0 Å². The molecule has 0 radical (unpaired) electrons. The van der Waals surface area contributed by atoms with Gasteiger partial charge in [-0.1, -0.05) is 51.5 Å². The highest BCUT2D eigenvalue weighted by Gasteiger charge is 2.76. The molecular formula is C48H74O23S. The van der Waals surface area contributed by atoms with E-state index in [-0.39, 0.29) is 47.3 Å². The minimum Gasteiger partial charge on any atom is -0.461 e. The maximum Gasteiger partial charge on any atom is 0.397 e. The summed E-state index contributed by atoms with van der Waals surface area (Å²) in [5.41, 5.74) is 0.529. The van der Waals surface area contributed by atoms with E-state index in [1.807, 2.05) is 6.92 Å². The molecule has 3 saturated carbocycles. The van der Waals surface area contributed by atoms with Crippen molar-refractivity contribution in [2.24, 2.45) is 39.4 Å². The number of carbonyl (C=O) groups excluding carboxylic acids is 1. The van der Waals surface area contributed by atoms with Crippen molar-refractivity contribution in [1.29, 1.82) is 0 Å². The average molecular weight is 1050 g/mol. The van der Waals surface area contributed by atoms with Crippen LogP contribution in [-0.2, 0) is 66.7 Å². The lowest BCUT2D eigenvalue weighted by molar-refractivity contribution is -0.386. The van der Waals surface area contributed by atoms with Gasteiger partial charge in [0.25, 0.3) is 0 Å². The molecule has 72 heavy (non-hydrogen) atoms. The molecule has 4 aliphatic carbocycles. The van der Waals surface area contributed by atoms with E-state index in [4.69, 9.17) is 51.6 Å². The number of aliphatic hydroxyl groups excluding tert-OH is 8. The molecule has 9 rings (SSSR count). The monoisotopic (exact) mass is 1050 g/mol. The molecule has 0 aromatic rings. The van der Waals surface area contributed by atoms with Gasteiger partial charge in [-0.25, -0.2) is 4.18 Å². The Hall–Kier alpha value is -1.86. The first-order valence-corrected chi connectivity index (χ1v) is 26.4. The molecule has 13 unspecified atom stereocenters. The lowest BCUT2D eigenvalue weighted by Crippen LogP contribution is -2.66. The molecule has 8 fully saturated rings. The van der Waals surface area contributed by atoms with Gasteiger partial charge in [-0.2, -0.15) is 8.42 Å². The molecule has 5 heterocycles. The number of rotatable bonds is 13. The standard InChI is InChI=1S/C48H74O23S/c1-19(2)29-24-15-47(7)22-9-10-27-45(4,5)28(12-13-46(27,6)21(22)11-14-48(29,47)44(57)66-24)67-43-39(31(52)26(18-63-43)71-72(58,59)60)70-41-33(54)32(53)36(20(3)64-41)68-42-35(56)38(30(51)25(16-49)65-42)69-40-34(55)37(61-8)23(50)17-62-40/h9,20-21,23-43,49-56H,1,10-18H2,2-8H3,(H,58,59,60)/t20?,21?,23-,24+,25?,26-,27?,28+,29+,30-,31?,32?,33?,34?,35?,36-,37?,38?,39?,40+,41+,42+,43+,46-,47+,48?/m1/s1. The van der Waals surface area contributed by atoms with Crippen molar-refractivity contribution in [1.82, 2.24) is 0 Å². The van der Waals surface area contributed by atoms with E-state index in [1.165, 1.54) is 19.6 Å². The molecule has 5 saturated heterocycles. The normalized spacial score (nSPS) is 52.1. The van der Waals surface area contributed by atoms with Gasteiger partial charge in [0.05, 0.1) is 37.4 Å². The summed E-state index contributed by atoms with van der Waals surface area (Å²) in [6, 6.07) is 0. The Morgan fingerprint density at radius 3 is 2.11 bits per heavy atom. The maximum atomic E-state index is 13.7. The molecule has 26 atom stereocenters. The van der Waals surface area contributed by atoms with Crippen molar-refractivity contribution in [3.05, 3.63) is 23.8 Å². The van der Waals surface area contributed by atoms with Gasteiger partial charge < -0.3 is 88.2 Å². The summed E-state index contributed by atoms with van der Waals surface area (Å²) in [6.45, 7) is 14.8. The second-order valence-corrected chi connectivity index (χ2v) is 23.8. The van der Waals surface area contributed by atoms with Crippen molar-refractivity contribution in [2.45, 2.75) is 203 Å². The molecule has 9 aliphatic rings. The van der Waals surface area contributed by atoms with Crippen LogP contribution in [0, 0.1) is 39.4 Å². The zero-order valence-corrected chi connectivity index (χ0v) is 42.4. The summed E-state index contributed by atoms with van der Waals surface area (Å²) < 4.78 is 97.1. The van der Waals surface area contributed by atoms with Crippen LogP contribution in [0.3, 0.4) is 0 Å². The van der Waals surface area contributed by atoms with E-state index in [0.717, 1.165) is 24.8 Å². The maximum absolute atomic E-state index is 13.7. The van der Waals surface area contributed by atoms with Crippen LogP contribution in [0.1, 0.15) is 80.1 Å². The Bertz CT molecular complexity index is 2160. The van der Waals surface area contributed by atoms with Crippen molar-refractivity contribution in [3.63, 3.8) is 0 Å². The van der Waals surface area contributed by atoms with E-state index in [1.54, 1.807) is 0 Å². The minimum atomic E-state index is -5.13. The van der Waals surface area contributed by atoms with Crippen LogP contribution in [0.4, 0.5) is 0 Å². The molecule has 1 spiro atoms. The molecule has 23 nitrogen and oxygen atoms in total. The van der Waals surface area contributed by atoms with Crippen LogP contribution >= 0.6 is 0 Å². The number of aliphatic hydroxyl groups is 8. The lowest BCUT2D eigenvalue weighted by atomic mass is 9.40. The number of ether oxygens (including phenoxy) is 10. The number of fused-ring (bicyclic) bond motifs is 5. The summed E-state index contributed by atoms with van der Waals surface area (Å²) in [6.07, 6.45) is -23.1. The fraction of sp³-hybridized carbons (Fsp3) is 0.896. The van der Waals surface area contributed by atoms with E-state index in [2.05, 4.69) is 40.3 Å². The highest BCUT2D eigenvalue weighted by atomic mass is 32.3. The number of allylic oxidation sites excluding steroid dienone is 2. The Balaban J connectivity index is 0.904. The van der Waals surface area contributed by atoms with Crippen LogP contribution in [0.2, 0.25) is 0 Å². The second-order valence-electron chi connectivity index (χ2n) is 22.7. The van der Waals surface area contributed by atoms with Crippen molar-refractivity contribution in [3.8, 4) is 0 Å². The molecule has 0 amide bonds. The molecule has 0 aromatic heterocycles. The third-order valence-corrected chi connectivity index (χ3v) is 18.9. The van der Waals surface area contributed by atoms with Gasteiger partial charge in [0.15, 0.2) is 25.2 Å². The van der Waals surface area contributed by atoms with Crippen LogP contribution in [0.25, 0.3) is 0 Å². The Morgan fingerprint density at radius 2 is 1.44 bits per heavy atom. The average Bonchev–Trinajstić information content (AvgIpc) is 3.74. The summed E-state index contributed by atoms with van der Waals surface area (Å²) in [5, 5.41) is 88.3. The SMILES string of the molecule is C=C(C)[C@H]1[C@@H]2C[C@@]3(C)C4=CCC5C(C)(C)[C@@H](O[C@@H]6OC[C@@H](OS(=O)(=O)O)C(O)C6O[C@@H]6OC(C)[C@@H](O[C@@H]7OC(CO)[C@@H](O)C(O[C@@H]8OC[C@@H](O)C(OC)C8O)C7O)C(O)C6O)CC[C@]5(C)C4CCC13C(=O)O2. The first-order chi connectivity index (χ1) is 33.7. The third kappa shape index (κ3) is 8.87. The van der Waals surface area contributed by atoms with E-state index in [9.17, 15) is 58.6 Å². The summed E-state index contributed by atoms with van der Waals surface area (Å²) in [4.78, 5) is 13.7. The van der Waals surface area contributed by atoms with E-state index in [0.29, 0.717) is 19.3 Å². The van der Waals surface area contributed by atoms with Crippen molar-refractivity contribution < 1.29 is 110 Å². The minimum absolute atomic E-state index is 0.0360. The van der Waals surface area contributed by atoms with Gasteiger partial charge in [-0.3, -0.25) is 9.35 Å². The first kappa shape index (κ1) is 54.9. The molecule has 24 heteroatoms. The predicted molar refractivity (Wildman–Crippen MR) is 242 cm³/mol. The van der Waals surface area contributed by atoms with E-state index < -0.39 is 151 Å². The van der Waals surface area contributed by atoms with E-state index >= 15 is 0 Å². The highest BCUT2D eigenvalue weighted by molar-refractivity contribution is 7.80. The summed E-state index contributed by atoms with van der Waals surface area (Å²) >= 11 is 0. The zero-order valence-electron chi connectivity index (χ0n) is 41.6. The second kappa shape index (κ2) is 19.9. The van der Waals surface area contributed by atoms with Gasteiger partial charge >= 0.3 is 16.4 Å². The smallest absolute Gasteiger partial charge is 0.397 e. The topological polar surface area (TPSA) is 335 Å². The quantitative estimate of drug-likeness (QED) is 0.0615. The molecule has 9 N–H and O–H groups in total. The fourth-order valence-electron chi connectivity index (χ4n) is 14.9. The van der Waals surface area contributed by atoms with Gasteiger partial charge in [0.2, 0.25) is 0 Å². The number of hydrogen-bond donors (Lipinski definition) is 9. The lowest BCUT2D eigenvalue weighted by Gasteiger charge is -2.64. The molecule has 5 aliphatic heterocycles. The Morgan fingerprint density at radius 1 is 0.792 bits per heavy atom. The third-order valence-electron chi connectivity index (χ3n) is 18.5. The Kier molecular flexibility index (Phi) is 15.1. The summed E-state index contributed by atoms with van der Waals surface area (Å²) in [7, 11) is -3.88. The zero-order chi connectivity index (χ0) is 52.4. The van der Waals surface area contributed by atoms with Crippen LogP contribution in [0.15, 0.2) is 23.8 Å². The van der Waals surface area contributed by atoms with Crippen molar-refractivity contribution >= 4 is 16.4 Å². The Labute approximate surface area is 418 Å².